The summed E-state index contributed by atoms with van der Waals surface area (Å²) < 4.78 is 76.3. The monoisotopic (exact) mass is 745 g/mol. The molecule has 1 N–H and O–H groups in total. The minimum Gasteiger partial charge on any atom is -0.683 e. The average Bonchev–Trinajstić information content (AvgIpc) is 3.15. The molecule has 13 heteroatoms. The van der Waals surface area contributed by atoms with Gasteiger partial charge in [0.05, 0.1) is 30.2 Å². The van der Waals surface area contributed by atoms with Crippen molar-refractivity contribution in [2.45, 2.75) is 44.2 Å². The number of pyridine rings is 1. The van der Waals surface area contributed by atoms with Crippen LogP contribution in [0.15, 0.2) is 85.1 Å². The summed E-state index contributed by atoms with van der Waals surface area (Å²) >= 11 is 0. The molecule has 0 radical (unpaired) electrons. The summed E-state index contributed by atoms with van der Waals surface area (Å²) in [4.78, 5) is 22.5. The molecule has 3 heterocycles. The second kappa shape index (κ2) is 18.4. The van der Waals surface area contributed by atoms with Gasteiger partial charge in [0.2, 0.25) is 0 Å². The van der Waals surface area contributed by atoms with Crippen molar-refractivity contribution < 1.29 is 82.9 Å². The number of aryl methyl sites for hydroxylation is 1. The van der Waals surface area contributed by atoms with Gasteiger partial charge in [0.25, 0.3) is 11.8 Å². The number of hydrogen-bond donors (Lipinski definition) is 1. The van der Waals surface area contributed by atoms with Crippen LogP contribution in [-0.4, -0.2) is 68.3 Å². The second-order valence-corrected chi connectivity index (χ2v) is 13.0. The fraction of sp³-hybridized carbons (Fsp3) is 0.385. The summed E-state index contributed by atoms with van der Waals surface area (Å²) in [6.45, 7) is 6.24. The van der Waals surface area contributed by atoms with Crippen LogP contribution < -0.4 is 61.6 Å². The van der Waals surface area contributed by atoms with E-state index in [1.807, 2.05) is 18.2 Å². The molecule has 0 spiro atoms. The summed E-state index contributed by atoms with van der Waals surface area (Å²) in [6.07, 6.45) is -1.00. The first kappa shape index (κ1) is 40.3. The number of hydrogen-bond acceptors (Lipinski definition) is 5. The molecule has 2 aliphatic rings. The number of nitrogens with one attached hydrogen (secondary N) is 1. The van der Waals surface area contributed by atoms with Crippen LogP contribution in [0.25, 0.3) is 16.6 Å². The predicted molar refractivity (Wildman–Crippen MR) is 189 cm³/mol. The first-order valence-corrected chi connectivity index (χ1v) is 17.3. The Hall–Kier alpha value is -2.91. The zero-order valence-corrected chi connectivity index (χ0v) is 32.4. The molecule has 6 rings (SSSR count). The van der Waals surface area contributed by atoms with Gasteiger partial charge in [-0.25, -0.2) is 8.78 Å². The number of morpholine rings is 1. The molecular weight excluding hydrogens is 705 g/mol. The van der Waals surface area contributed by atoms with Crippen LogP contribution in [-0.2, 0) is 23.3 Å². The average molecular weight is 746 g/mol. The maximum Gasteiger partial charge on any atom is 1.00 e. The molecule has 0 unspecified atom stereocenters. The number of halogens is 5. The minimum absolute atomic E-state index is 0. The van der Waals surface area contributed by atoms with E-state index < -0.39 is 24.1 Å². The molecule has 52 heavy (non-hydrogen) atoms. The van der Waals surface area contributed by atoms with Crippen LogP contribution in [0.4, 0.5) is 39.0 Å². The maximum absolute atomic E-state index is 15.7. The van der Waals surface area contributed by atoms with Crippen LogP contribution in [0.5, 0.6) is 0 Å². The zero-order valence-electron chi connectivity index (χ0n) is 29.3. The van der Waals surface area contributed by atoms with E-state index in [0.717, 1.165) is 69.8 Å². The predicted octanol–water partition coefficient (Wildman–Crippen LogP) is 6.08. The van der Waals surface area contributed by atoms with Crippen molar-refractivity contribution in [1.29, 1.82) is 0 Å². The number of ether oxygens (including phenoxy) is 1. The third-order valence-corrected chi connectivity index (χ3v) is 9.34. The van der Waals surface area contributed by atoms with Crippen molar-refractivity contribution in [3.63, 3.8) is 0 Å². The number of alkyl halides is 5. The SMILES string of the molecule is O=C(Nc1ccc(N2CCCCC2)cc1-c1cc(C(F)(F)CCc2cccc(C(F)(F)F)c2)ccn1)c1cccc([N-]CCN2CCOCC2)c1.[K+]. The minimum atomic E-state index is -4.56. The summed E-state index contributed by atoms with van der Waals surface area (Å²) in [6, 6.07) is 19.6. The number of carbonyl (C=O) groups excluding carboxylic acids is 1. The van der Waals surface area contributed by atoms with Crippen molar-refractivity contribution in [1.82, 2.24) is 9.88 Å². The zero-order chi connectivity index (χ0) is 35.8. The molecule has 1 amide bonds. The van der Waals surface area contributed by atoms with Crippen molar-refractivity contribution in [2.75, 3.05) is 62.7 Å². The molecule has 2 saturated heterocycles. The van der Waals surface area contributed by atoms with Crippen LogP contribution in [0.3, 0.4) is 0 Å². The molecule has 7 nitrogen and oxygen atoms in total. The number of anilines is 2. The van der Waals surface area contributed by atoms with Gasteiger partial charge in [-0.3, -0.25) is 9.78 Å². The molecule has 3 aromatic carbocycles. The van der Waals surface area contributed by atoms with E-state index in [9.17, 15) is 18.0 Å². The number of carbonyl (C=O) groups is 1. The molecule has 4 aromatic rings. The molecule has 270 valence electrons. The van der Waals surface area contributed by atoms with Gasteiger partial charge >= 0.3 is 57.6 Å². The van der Waals surface area contributed by atoms with Gasteiger partial charge in [0.1, 0.15) is 0 Å². The largest absolute Gasteiger partial charge is 1.00 e. The molecular formula is C39H41F5KN5O2. The van der Waals surface area contributed by atoms with Gasteiger partial charge in [-0.2, -0.15) is 13.2 Å². The molecule has 0 bridgehead atoms. The molecule has 1 aromatic heterocycles. The van der Waals surface area contributed by atoms with E-state index in [4.69, 9.17) is 4.74 Å². The molecule has 2 fully saturated rings. The van der Waals surface area contributed by atoms with E-state index in [2.05, 4.69) is 25.4 Å². The normalized spacial score (nSPS) is 15.5. The van der Waals surface area contributed by atoms with E-state index in [0.29, 0.717) is 42.3 Å². The number of piperidine rings is 1. The Balaban J connectivity index is 0.00000523. The first-order chi connectivity index (χ1) is 24.5. The third kappa shape index (κ3) is 10.8. The fourth-order valence-electron chi connectivity index (χ4n) is 6.44. The van der Waals surface area contributed by atoms with Crippen LogP contribution in [0, 0.1) is 0 Å². The van der Waals surface area contributed by atoms with Crippen molar-refractivity contribution in [2.24, 2.45) is 0 Å². The first-order valence-electron chi connectivity index (χ1n) is 17.3. The molecule has 0 saturated carbocycles. The Morgan fingerprint density at radius 3 is 2.38 bits per heavy atom. The number of aromatic nitrogens is 1. The van der Waals surface area contributed by atoms with Gasteiger partial charge in [-0.1, -0.05) is 36.4 Å². The summed E-state index contributed by atoms with van der Waals surface area (Å²) in [5.74, 6) is -3.74. The van der Waals surface area contributed by atoms with Crippen molar-refractivity contribution >= 4 is 23.0 Å². The quantitative estimate of drug-likeness (QED) is 0.141. The van der Waals surface area contributed by atoms with E-state index in [1.165, 1.54) is 30.5 Å². The van der Waals surface area contributed by atoms with Crippen molar-refractivity contribution in [3.05, 3.63) is 113 Å². The number of nitrogens with zero attached hydrogens (tertiary/aromatic N) is 4. The van der Waals surface area contributed by atoms with Crippen molar-refractivity contribution in [3.8, 4) is 11.3 Å². The van der Waals surface area contributed by atoms with Gasteiger partial charge in [-0.15, -0.1) is 12.2 Å². The fourth-order valence-corrected chi connectivity index (χ4v) is 6.44. The smallest absolute Gasteiger partial charge is 0.683 e. The van der Waals surface area contributed by atoms with Gasteiger partial charge in [0, 0.05) is 61.2 Å². The molecule has 2 aliphatic heterocycles. The Labute approximate surface area is 343 Å². The Morgan fingerprint density at radius 1 is 0.846 bits per heavy atom. The third-order valence-electron chi connectivity index (χ3n) is 9.34. The number of amides is 1. The molecule has 0 aliphatic carbocycles. The summed E-state index contributed by atoms with van der Waals surface area (Å²) in [7, 11) is 0. The van der Waals surface area contributed by atoms with Crippen LogP contribution in [0.2, 0.25) is 0 Å². The Morgan fingerprint density at radius 2 is 1.62 bits per heavy atom. The second-order valence-electron chi connectivity index (χ2n) is 13.0. The number of rotatable bonds is 12. The van der Waals surface area contributed by atoms with E-state index >= 15 is 8.78 Å². The van der Waals surface area contributed by atoms with Crippen LogP contribution >= 0.6 is 0 Å². The maximum atomic E-state index is 15.7. The van der Waals surface area contributed by atoms with Crippen LogP contribution in [0.1, 0.15) is 52.7 Å². The Bertz CT molecular complexity index is 1800. The standard InChI is InChI=1S/C39H41F5N5O2.K/c40-38(41,14-12-28-6-4-8-31(24-28)39(42,43)44)30-13-15-46-36(26-30)34-27-33(49-17-2-1-3-18-49)10-11-35(34)47-37(50)29-7-5-9-32(25-29)45-16-19-48-20-22-51-23-21-48;/h4-11,13,15,24-27H,1-3,12,14,16-23H2,(H,46,47,50);/q-1;+1. The molecule has 0 atom stereocenters. The van der Waals surface area contributed by atoms with Gasteiger partial charge < -0.3 is 25.2 Å². The topological polar surface area (TPSA) is 71.8 Å². The van der Waals surface area contributed by atoms with E-state index in [1.54, 1.807) is 24.3 Å². The van der Waals surface area contributed by atoms with E-state index in [-0.39, 0.29) is 80.5 Å². The van der Waals surface area contributed by atoms with Gasteiger partial charge in [-0.05, 0) is 80.3 Å². The summed E-state index contributed by atoms with van der Waals surface area (Å²) in [5, 5.41) is 7.63. The van der Waals surface area contributed by atoms with Gasteiger partial charge in [0.15, 0.2) is 0 Å². The number of benzene rings is 3. The Kier molecular flexibility index (Phi) is 14.3. The summed E-state index contributed by atoms with van der Waals surface area (Å²) in [5.41, 5.74) is 2.09.